The second kappa shape index (κ2) is 6.78. The van der Waals surface area contributed by atoms with Crippen molar-refractivity contribution in [2.24, 2.45) is 0 Å². The summed E-state index contributed by atoms with van der Waals surface area (Å²) in [5.74, 6) is -1.33. The molecule has 0 aromatic heterocycles. The van der Waals surface area contributed by atoms with E-state index in [0.29, 0.717) is 5.56 Å². The van der Waals surface area contributed by atoms with E-state index in [9.17, 15) is 17.6 Å². The van der Waals surface area contributed by atoms with Crippen LogP contribution in [-0.2, 0) is 14.8 Å². The molecule has 0 saturated heterocycles. The summed E-state index contributed by atoms with van der Waals surface area (Å²) in [5, 5.41) is 0. The number of carbonyl (C=O) groups excluding carboxylic acids is 1. The number of nitrogens with one attached hydrogen (secondary N) is 1. The monoisotopic (exact) mass is 337 g/mol. The van der Waals surface area contributed by atoms with Crippen LogP contribution in [0, 0.1) is 5.82 Å². The highest BCUT2D eigenvalue weighted by atomic mass is 32.2. The van der Waals surface area contributed by atoms with E-state index in [2.05, 4.69) is 4.72 Å². The van der Waals surface area contributed by atoms with Gasteiger partial charge in [0.15, 0.2) is 0 Å². The lowest BCUT2D eigenvalue weighted by Crippen LogP contribution is -2.15. The van der Waals surface area contributed by atoms with Crippen molar-refractivity contribution in [2.75, 3.05) is 4.72 Å². The minimum absolute atomic E-state index is 0.217. The first-order valence-electron chi connectivity index (χ1n) is 6.88. The van der Waals surface area contributed by atoms with Crippen LogP contribution in [0.5, 0.6) is 0 Å². The Balaban J connectivity index is 2.18. The van der Waals surface area contributed by atoms with Gasteiger partial charge in [0.25, 0.3) is 10.0 Å². The molecular formula is C16H16FNO4S. The Hall–Kier alpha value is -2.41. The number of hydrogen-bond acceptors (Lipinski definition) is 4. The highest BCUT2D eigenvalue weighted by Gasteiger charge is 2.18. The molecule has 2 aromatic carbocycles. The minimum Gasteiger partial charge on any atom is -0.459 e. The largest absolute Gasteiger partial charge is 0.459 e. The molecule has 122 valence electrons. The molecule has 0 aliphatic carbocycles. The minimum atomic E-state index is -4.04. The molecule has 0 aliphatic rings. The Labute approximate surface area is 134 Å². The fourth-order valence-corrected chi connectivity index (χ4v) is 2.97. The van der Waals surface area contributed by atoms with E-state index in [1.54, 1.807) is 13.8 Å². The van der Waals surface area contributed by atoms with Crippen LogP contribution in [-0.4, -0.2) is 20.5 Å². The Morgan fingerprint density at radius 3 is 2.26 bits per heavy atom. The van der Waals surface area contributed by atoms with Gasteiger partial charge in [0, 0.05) is 5.69 Å². The van der Waals surface area contributed by atoms with Gasteiger partial charge in [0.05, 0.1) is 11.7 Å². The molecule has 0 radical (unpaired) electrons. The van der Waals surface area contributed by atoms with Crippen molar-refractivity contribution < 1.29 is 22.3 Å². The maximum absolute atomic E-state index is 13.6. The average molecular weight is 337 g/mol. The van der Waals surface area contributed by atoms with Gasteiger partial charge in [0.1, 0.15) is 10.7 Å². The molecule has 0 bridgehead atoms. The molecule has 0 heterocycles. The normalized spacial score (nSPS) is 11.3. The number of anilines is 1. The summed E-state index contributed by atoms with van der Waals surface area (Å²) in [6.07, 6.45) is -0.248. The van der Waals surface area contributed by atoms with Crippen LogP contribution in [0.3, 0.4) is 0 Å². The third-order valence-corrected chi connectivity index (χ3v) is 4.26. The fraction of sp³-hybridized carbons (Fsp3) is 0.188. The van der Waals surface area contributed by atoms with Crippen LogP contribution in [0.15, 0.2) is 53.4 Å². The Morgan fingerprint density at radius 1 is 1.09 bits per heavy atom. The molecule has 0 atom stereocenters. The number of ether oxygens (including phenoxy) is 1. The molecule has 1 N–H and O–H groups in total. The maximum atomic E-state index is 13.6. The smallest absolute Gasteiger partial charge is 0.338 e. The molecule has 0 spiro atoms. The van der Waals surface area contributed by atoms with Crippen LogP contribution < -0.4 is 4.72 Å². The molecule has 2 aromatic rings. The number of carbonyl (C=O) groups is 1. The number of benzene rings is 2. The summed E-state index contributed by atoms with van der Waals surface area (Å²) in [6.45, 7) is 3.46. The first-order chi connectivity index (χ1) is 10.8. The molecule has 0 fully saturated rings. The standard InChI is InChI=1S/C16H16FNO4S/c1-11(2)22-16(19)12-7-9-13(10-8-12)18-23(20,21)15-6-4-3-5-14(15)17/h3-11,18H,1-2H3. The predicted molar refractivity (Wildman–Crippen MR) is 84.2 cm³/mol. The maximum Gasteiger partial charge on any atom is 0.338 e. The van der Waals surface area contributed by atoms with Crippen molar-refractivity contribution in [3.8, 4) is 0 Å². The quantitative estimate of drug-likeness (QED) is 0.851. The number of rotatable bonds is 5. The van der Waals surface area contributed by atoms with Gasteiger partial charge >= 0.3 is 5.97 Å². The van der Waals surface area contributed by atoms with Crippen molar-refractivity contribution in [3.05, 3.63) is 59.9 Å². The van der Waals surface area contributed by atoms with Gasteiger partial charge in [-0.25, -0.2) is 17.6 Å². The molecule has 2 rings (SSSR count). The van der Waals surface area contributed by atoms with Gasteiger partial charge in [-0.3, -0.25) is 4.72 Å². The predicted octanol–water partition coefficient (Wildman–Crippen LogP) is 3.19. The van der Waals surface area contributed by atoms with Crippen LogP contribution in [0.2, 0.25) is 0 Å². The van der Waals surface area contributed by atoms with Gasteiger partial charge in [-0.15, -0.1) is 0 Å². The van der Waals surface area contributed by atoms with Crippen molar-refractivity contribution >= 4 is 21.7 Å². The third-order valence-electron chi connectivity index (χ3n) is 2.84. The lowest BCUT2D eigenvalue weighted by atomic mass is 10.2. The van der Waals surface area contributed by atoms with Gasteiger partial charge in [-0.05, 0) is 50.2 Å². The molecule has 0 amide bonds. The fourth-order valence-electron chi connectivity index (χ4n) is 1.83. The second-order valence-corrected chi connectivity index (χ2v) is 6.72. The second-order valence-electron chi connectivity index (χ2n) is 5.07. The molecular weight excluding hydrogens is 321 g/mol. The highest BCUT2D eigenvalue weighted by Crippen LogP contribution is 2.19. The number of esters is 1. The number of halogens is 1. The van der Waals surface area contributed by atoms with Gasteiger partial charge in [-0.2, -0.15) is 0 Å². The highest BCUT2D eigenvalue weighted by molar-refractivity contribution is 7.92. The lowest BCUT2D eigenvalue weighted by molar-refractivity contribution is 0.0378. The summed E-state index contributed by atoms with van der Waals surface area (Å²) in [7, 11) is -4.04. The SMILES string of the molecule is CC(C)OC(=O)c1ccc(NS(=O)(=O)c2ccccc2F)cc1. The number of sulfonamides is 1. The van der Waals surface area contributed by atoms with Crippen LogP contribution in [0.25, 0.3) is 0 Å². The Bertz CT molecular complexity index is 801. The molecule has 23 heavy (non-hydrogen) atoms. The van der Waals surface area contributed by atoms with E-state index >= 15 is 0 Å². The topological polar surface area (TPSA) is 72.5 Å². The third kappa shape index (κ3) is 4.29. The zero-order chi connectivity index (χ0) is 17.0. The van der Waals surface area contributed by atoms with E-state index in [-0.39, 0.29) is 11.8 Å². The van der Waals surface area contributed by atoms with Crippen LogP contribution in [0.1, 0.15) is 24.2 Å². The van der Waals surface area contributed by atoms with Crippen LogP contribution in [0.4, 0.5) is 10.1 Å². The van der Waals surface area contributed by atoms with Crippen molar-refractivity contribution in [1.29, 1.82) is 0 Å². The van der Waals surface area contributed by atoms with E-state index in [4.69, 9.17) is 4.74 Å². The summed E-state index contributed by atoms with van der Waals surface area (Å²) in [5.41, 5.74) is 0.516. The first kappa shape index (κ1) is 17.0. The average Bonchev–Trinajstić information content (AvgIpc) is 2.47. The molecule has 0 saturated carbocycles. The summed E-state index contributed by atoms with van der Waals surface area (Å²) in [4.78, 5) is 11.3. The van der Waals surface area contributed by atoms with E-state index in [0.717, 1.165) is 6.07 Å². The summed E-state index contributed by atoms with van der Waals surface area (Å²) in [6, 6.07) is 10.8. The zero-order valence-corrected chi connectivity index (χ0v) is 13.4. The Morgan fingerprint density at radius 2 is 1.70 bits per heavy atom. The number of hydrogen-bond donors (Lipinski definition) is 1. The van der Waals surface area contributed by atoms with E-state index < -0.39 is 26.7 Å². The van der Waals surface area contributed by atoms with Crippen molar-refractivity contribution in [3.63, 3.8) is 0 Å². The van der Waals surface area contributed by atoms with Crippen molar-refractivity contribution in [2.45, 2.75) is 24.8 Å². The summed E-state index contributed by atoms with van der Waals surface area (Å²) >= 11 is 0. The molecule has 0 unspecified atom stereocenters. The zero-order valence-electron chi connectivity index (χ0n) is 12.6. The van der Waals surface area contributed by atoms with Crippen molar-refractivity contribution in [1.82, 2.24) is 0 Å². The summed E-state index contributed by atoms with van der Waals surface area (Å²) < 4.78 is 45.2. The molecule has 0 aliphatic heterocycles. The van der Waals surface area contributed by atoms with E-state index in [1.807, 2.05) is 0 Å². The molecule has 5 nitrogen and oxygen atoms in total. The van der Waals surface area contributed by atoms with E-state index in [1.165, 1.54) is 42.5 Å². The first-order valence-corrected chi connectivity index (χ1v) is 8.36. The van der Waals surface area contributed by atoms with Crippen LogP contribution >= 0.6 is 0 Å². The van der Waals surface area contributed by atoms with Gasteiger partial charge in [-0.1, -0.05) is 12.1 Å². The van der Waals surface area contributed by atoms with Gasteiger partial charge in [0.2, 0.25) is 0 Å². The Kier molecular flexibility index (Phi) is 5.00. The lowest BCUT2D eigenvalue weighted by Gasteiger charge is -2.10. The van der Waals surface area contributed by atoms with Gasteiger partial charge < -0.3 is 4.74 Å². The molecule has 7 heteroatoms.